The maximum Gasteiger partial charge on any atom is 0.408 e. The van der Waals surface area contributed by atoms with Crippen LogP contribution in [0.4, 0.5) is 4.79 Å². The molecule has 2 fully saturated rings. The highest BCUT2D eigenvalue weighted by molar-refractivity contribution is 5.90. The van der Waals surface area contributed by atoms with E-state index in [-0.39, 0.29) is 37.3 Å². The Labute approximate surface area is 205 Å². The molecule has 3 aliphatic carbocycles. The van der Waals surface area contributed by atoms with Crippen LogP contribution < -0.4 is 5.32 Å². The SMILES string of the molecule is CC(NC(=O)OCC1c2ccccc2-c2ccccc21)(C(=O)N(CCC(=O)O)CC1CC1)C1CC1. The highest BCUT2D eigenvalue weighted by Gasteiger charge is 2.51. The van der Waals surface area contributed by atoms with Gasteiger partial charge in [0.1, 0.15) is 12.1 Å². The average Bonchev–Trinajstić information content (AvgIpc) is 3.77. The van der Waals surface area contributed by atoms with Crippen LogP contribution in [-0.4, -0.2) is 53.2 Å². The van der Waals surface area contributed by atoms with E-state index in [4.69, 9.17) is 9.84 Å². The summed E-state index contributed by atoms with van der Waals surface area (Å²) in [5.74, 6) is -0.747. The number of rotatable bonds is 10. The van der Waals surface area contributed by atoms with Crippen LogP contribution in [0.5, 0.6) is 0 Å². The lowest BCUT2D eigenvalue weighted by Crippen LogP contribution is -2.60. The predicted octanol–water partition coefficient (Wildman–Crippen LogP) is 4.41. The molecule has 3 aliphatic rings. The van der Waals surface area contributed by atoms with Crippen molar-refractivity contribution in [2.24, 2.45) is 11.8 Å². The first-order valence-corrected chi connectivity index (χ1v) is 12.5. The van der Waals surface area contributed by atoms with Crippen LogP contribution in [0.2, 0.25) is 0 Å². The molecule has 2 amide bonds. The zero-order valence-corrected chi connectivity index (χ0v) is 20.0. The van der Waals surface area contributed by atoms with Crippen molar-refractivity contribution in [2.75, 3.05) is 19.7 Å². The fraction of sp³-hybridized carbons (Fsp3) is 0.464. The first kappa shape index (κ1) is 23.4. The van der Waals surface area contributed by atoms with Crippen molar-refractivity contribution in [1.82, 2.24) is 10.2 Å². The Balaban J connectivity index is 1.28. The van der Waals surface area contributed by atoms with Gasteiger partial charge in [0.15, 0.2) is 0 Å². The number of amides is 2. The van der Waals surface area contributed by atoms with E-state index < -0.39 is 17.6 Å². The zero-order valence-electron chi connectivity index (χ0n) is 20.0. The van der Waals surface area contributed by atoms with E-state index in [0.29, 0.717) is 12.5 Å². The molecule has 7 nitrogen and oxygen atoms in total. The Morgan fingerprint density at radius 2 is 1.60 bits per heavy atom. The van der Waals surface area contributed by atoms with Gasteiger partial charge in [-0.25, -0.2) is 4.79 Å². The summed E-state index contributed by atoms with van der Waals surface area (Å²) in [6, 6.07) is 16.3. The number of fused-ring (bicyclic) bond motifs is 3. The highest BCUT2D eigenvalue weighted by Crippen LogP contribution is 2.45. The standard InChI is InChI=1S/C28H32N2O5/c1-28(19-12-13-19,26(33)30(15-14-25(31)32)16-18-10-11-18)29-27(34)35-17-24-22-8-4-2-6-20(22)21-7-3-5-9-23(21)24/h2-9,18-19,24H,10-17H2,1H3,(H,29,34)(H,31,32). The van der Waals surface area contributed by atoms with Gasteiger partial charge in [-0.2, -0.15) is 0 Å². The summed E-state index contributed by atoms with van der Waals surface area (Å²) in [4.78, 5) is 39.4. The van der Waals surface area contributed by atoms with Gasteiger partial charge in [-0.15, -0.1) is 0 Å². The van der Waals surface area contributed by atoms with Gasteiger partial charge in [-0.1, -0.05) is 48.5 Å². The van der Waals surface area contributed by atoms with Crippen LogP contribution in [0.3, 0.4) is 0 Å². The maximum atomic E-state index is 13.6. The second-order valence-electron chi connectivity index (χ2n) is 10.3. The average molecular weight is 477 g/mol. The Morgan fingerprint density at radius 3 is 2.14 bits per heavy atom. The molecule has 35 heavy (non-hydrogen) atoms. The molecule has 2 aromatic carbocycles. The number of ether oxygens (including phenoxy) is 1. The third kappa shape index (κ3) is 4.90. The molecule has 0 radical (unpaired) electrons. The minimum atomic E-state index is -1.10. The number of carbonyl (C=O) groups is 3. The molecule has 0 spiro atoms. The first-order chi connectivity index (χ1) is 16.9. The van der Waals surface area contributed by atoms with E-state index >= 15 is 0 Å². The van der Waals surface area contributed by atoms with Gasteiger partial charge >= 0.3 is 12.1 Å². The first-order valence-electron chi connectivity index (χ1n) is 12.5. The zero-order chi connectivity index (χ0) is 24.6. The van der Waals surface area contributed by atoms with E-state index in [1.807, 2.05) is 24.3 Å². The Hall–Kier alpha value is -3.35. The summed E-state index contributed by atoms with van der Waals surface area (Å²) in [5.41, 5.74) is 3.47. The predicted molar refractivity (Wildman–Crippen MR) is 131 cm³/mol. The second-order valence-corrected chi connectivity index (χ2v) is 10.3. The summed E-state index contributed by atoms with van der Waals surface area (Å²) < 4.78 is 5.72. The lowest BCUT2D eigenvalue weighted by Gasteiger charge is -2.35. The molecular weight excluding hydrogens is 444 g/mol. The van der Waals surface area contributed by atoms with Crippen molar-refractivity contribution in [1.29, 1.82) is 0 Å². The molecule has 5 rings (SSSR count). The Kier molecular flexibility index (Phi) is 6.26. The topological polar surface area (TPSA) is 95.9 Å². The van der Waals surface area contributed by atoms with Gasteiger partial charge in [-0.3, -0.25) is 9.59 Å². The summed E-state index contributed by atoms with van der Waals surface area (Å²) in [5, 5.41) is 12.0. The fourth-order valence-corrected chi connectivity index (χ4v) is 5.28. The number of hydrogen-bond acceptors (Lipinski definition) is 4. The van der Waals surface area contributed by atoms with Gasteiger partial charge in [0.05, 0.1) is 6.42 Å². The number of nitrogens with one attached hydrogen (secondary N) is 1. The van der Waals surface area contributed by atoms with E-state index in [0.717, 1.165) is 47.9 Å². The minimum Gasteiger partial charge on any atom is -0.481 e. The molecule has 0 aromatic heterocycles. The second kappa shape index (κ2) is 9.36. The molecule has 1 unspecified atom stereocenters. The van der Waals surface area contributed by atoms with Gasteiger partial charge in [0, 0.05) is 19.0 Å². The van der Waals surface area contributed by atoms with Crippen molar-refractivity contribution >= 4 is 18.0 Å². The molecule has 1 atom stereocenters. The smallest absolute Gasteiger partial charge is 0.408 e. The van der Waals surface area contributed by atoms with Gasteiger partial charge in [-0.05, 0) is 66.7 Å². The molecule has 0 bridgehead atoms. The van der Waals surface area contributed by atoms with Crippen molar-refractivity contribution in [3.05, 3.63) is 59.7 Å². The van der Waals surface area contributed by atoms with Crippen LogP contribution in [0, 0.1) is 11.8 Å². The monoisotopic (exact) mass is 476 g/mol. The fourth-order valence-electron chi connectivity index (χ4n) is 5.28. The van der Waals surface area contributed by atoms with Crippen molar-refractivity contribution in [3.8, 4) is 11.1 Å². The molecule has 0 aliphatic heterocycles. The molecule has 0 heterocycles. The molecule has 7 heteroatoms. The molecule has 2 aromatic rings. The Morgan fingerprint density at radius 1 is 1.00 bits per heavy atom. The number of hydrogen-bond donors (Lipinski definition) is 2. The summed E-state index contributed by atoms with van der Waals surface area (Å²) in [7, 11) is 0. The molecule has 2 saturated carbocycles. The summed E-state index contributed by atoms with van der Waals surface area (Å²) in [6.45, 7) is 2.63. The normalized spacial score (nSPS) is 18.2. The van der Waals surface area contributed by atoms with Gasteiger partial charge in [0.25, 0.3) is 0 Å². The van der Waals surface area contributed by atoms with Crippen LogP contribution in [0.15, 0.2) is 48.5 Å². The quantitative estimate of drug-likeness (QED) is 0.530. The van der Waals surface area contributed by atoms with Gasteiger partial charge in [0.2, 0.25) is 5.91 Å². The van der Waals surface area contributed by atoms with Crippen molar-refractivity contribution in [3.63, 3.8) is 0 Å². The number of carboxylic acid groups (broad SMARTS) is 1. The largest absolute Gasteiger partial charge is 0.481 e. The number of alkyl carbamates (subject to hydrolysis) is 1. The van der Waals surface area contributed by atoms with E-state index in [2.05, 4.69) is 29.6 Å². The van der Waals surface area contributed by atoms with E-state index in [9.17, 15) is 14.4 Å². The molecular formula is C28H32N2O5. The number of nitrogens with zero attached hydrogens (tertiary/aromatic N) is 1. The van der Waals surface area contributed by atoms with Gasteiger partial charge < -0.3 is 20.1 Å². The van der Waals surface area contributed by atoms with Crippen molar-refractivity contribution < 1.29 is 24.2 Å². The molecule has 2 N–H and O–H groups in total. The van der Waals surface area contributed by atoms with Crippen LogP contribution >= 0.6 is 0 Å². The third-order valence-corrected chi connectivity index (χ3v) is 7.60. The van der Waals surface area contributed by atoms with Crippen LogP contribution in [0.1, 0.15) is 56.1 Å². The summed E-state index contributed by atoms with van der Waals surface area (Å²) >= 11 is 0. The molecule has 184 valence electrons. The molecule has 0 saturated heterocycles. The van der Waals surface area contributed by atoms with E-state index in [1.54, 1.807) is 11.8 Å². The number of carbonyl (C=O) groups excluding carboxylic acids is 2. The van der Waals surface area contributed by atoms with Crippen LogP contribution in [-0.2, 0) is 14.3 Å². The minimum absolute atomic E-state index is 0.0296. The third-order valence-electron chi connectivity index (χ3n) is 7.60. The highest BCUT2D eigenvalue weighted by atomic mass is 16.5. The Bertz CT molecular complexity index is 1090. The van der Waals surface area contributed by atoms with Crippen LogP contribution in [0.25, 0.3) is 11.1 Å². The maximum absolute atomic E-state index is 13.6. The van der Waals surface area contributed by atoms with E-state index in [1.165, 1.54) is 0 Å². The number of carboxylic acids is 1. The lowest BCUT2D eigenvalue weighted by atomic mass is 9.93. The lowest BCUT2D eigenvalue weighted by molar-refractivity contribution is -0.141. The summed E-state index contributed by atoms with van der Waals surface area (Å²) in [6.07, 6.45) is 3.08. The number of benzene rings is 2. The van der Waals surface area contributed by atoms with Crippen molar-refractivity contribution in [2.45, 2.75) is 50.5 Å². The number of aliphatic carboxylic acids is 1.